The van der Waals surface area contributed by atoms with Crippen LogP contribution in [0.25, 0.3) is 0 Å². The topological polar surface area (TPSA) is 89.3 Å². The molecule has 7 heteroatoms. The number of nitrogens with zero attached hydrogens (tertiary/aromatic N) is 1. The third-order valence-corrected chi connectivity index (χ3v) is 3.52. The van der Waals surface area contributed by atoms with Crippen molar-refractivity contribution in [1.82, 2.24) is 0 Å². The molecule has 1 N–H and O–H groups in total. The largest absolute Gasteiger partial charge is 0.326 e. The van der Waals surface area contributed by atoms with Crippen molar-refractivity contribution < 1.29 is 18.9 Å². The van der Waals surface area contributed by atoms with Gasteiger partial charge in [0.1, 0.15) is 5.82 Å². The lowest BCUT2D eigenvalue weighted by atomic mass is 10.1. The maximum atomic E-state index is 12.8. The molecule has 0 aliphatic carbocycles. The van der Waals surface area contributed by atoms with Crippen LogP contribution < -0.4 is 5.32 Å². The highest BCUT2D eigenvalue weighted by atomic mass is 19.1. The van der Waals surface area contributed by atoms with Crippen molar-refractivity contribution in [1.29, 1.82) is 0 Å². The molecule has 1 amide bonds. The van der Waals surface area contributed by atoms with E-state index in [9.17, 15) is 24.1 Å². The zero-order chi connectivity index (χ0) is 17.7. The third kappa shape index (κ3) is 4.22. The van der Waals surface area contributed by atoms with Gasteiger partial charge in [-0.25, -0.2) is 4.39 Å². The number of halogens is 1. The maximum absolute atomic E-state index is 12.8. The van der Waals surface area contributed by atoms with Crippen molar-refractivity contribution in [3.8, 4) is 0 Å². The zero-order valence-corrected chi connectivity index (χ0v) is 12.9. The third-order valence-electron chi connectivity index (χ3n) is 3.52. The zero-order valence-electron chi connectivity index (χ0n) is 12.9. The molecule has 2 aromatic carbocycles. The van der Waals surface area contributed by atoms with Gasteiger partial charge in [-0.3, -0.25) is 19.7 Å². The van der Waals surface area contributed by atoms with Crippen LogP contribution in [0.5, 0.6) is 0 Å². The van der Waals surface area contributed by atoms with Crippen molar-refractivity contribution in [2.75, 3.05) is 5.32 Å². The fraction of sp³-hybridized carbons (Fsp3) is 0.176. The van der Waals surface area contributed by atoms with E-state index in [4.69, 9.17) is 0 Å². The number of hydrogen-bond acceptors (Lipinski definition) is 4. The molecule has 0 radical (unpaired) electrons. The molecule has 6 nitrogen and oxygen atoms in total. The summed E-state index contributed by atoms with van der Waals surface area (Å²) in [6, 6.07) is 9.47. The second-order valence-electron chi connectivity index (χ2n) is 5.19. The van der Waals surface area contributed by atoms with Gasteiger partial charge in [-0.2, -0.15) is 0 Å². The van der Waals surface area contributed by atoms with Gasteiger partial charge in [0.15, 0.2) is 5.78 Å². The number of ketones is 1. The Morgan fingerprint density at radius 2 is 1.79 bits per heavy atom. The van der Waals surface area contributed by atoms with E-state index in [1.165, 1.54) is 43.3 Å². The lowest BCUT2D eigenvalue weighted by Crippen LogP contribution is -2.14. The van der Waals surface area contributed by atoms with Crippen molar-refractivity contribution in [3.63, 3.8) is 0 Å². The van der Waals surface area contributed by atoms with E-state index < -0.39 is 16.6 Å². The Morgan fingerprint density at radius 3 is 2.42 bits per heavy atom. The summed E-state index contributed by atoms with van der Waals surface area (Å²) in [5.74, 6) is -1.14. The number of nitrogens with one attached hydrogen (secondary N) is 1. The number of Topliss-reactive ketones (excluding diaryl/α,β-unsaturated/α-hetero) is 1. The Labute approximate surface area is 137 Å². The van der Waals surface area contributed by atoms with Crippen molar-refractivity contribution in [2.45, 2.75) is 19.8 Å². The standard InChI is InChI=1S/C17H15FN2O4/c1-11-14(3-2-4-15(11)20(23)24)19-17(22)10-9-16(21)12-5-7-13(18)8-6-12/h2-8H,9-10H2,1H3,(H,19,22). The van der Waals surface area contributed by atoms with Crippen molar-refractivity contribution >= 4 is 23.1 Å². The molecule has 0 aliphatic rings. The molecule has 0 bridgehead atoms. The Morgan fingerprint density at radius 1 is 1.12 bits per heavy atom. The lowest BCUT2D eigenvalue weighted by Gasteiger charge is -2.08. The van der Waals surface area contributed by atoms with Gasteiger partial charge in [-0.1, -0.05) is 6.07 Å². The van der Waals surface area contributed by atoms with E-state index in [1.807, 2.05) is 0 Å². The smallest absolute Gasteiger partial charge is 0.274 e. The van der Waals surface area contributed by atoms with Gasteiger partial charge >= 0.3 is 0 Å². The molecule has 0 saturated heterocycles. The number of anilines is 1. The first kappa shape index (κ1) is 17.3. The van der Waals surface area contributed by atoms with E-state index in [-0.39, 0.29) is 24.3 Å². The van der Waals surface area contributed by atoms with E-state index in [2.05, 4.69) is 5.32 Å². The quantitative estimate of drug-likeness (QED) is 0.497. The SMILES string of the molecule is Cc1c(NC(=O)CCC(=O)c2ccc(F)cc2)cccc1[N+](=O)[O-]. The van der Waals surface area contributed by atoms with Crippen molar-refractivity contribution in [2.24, 2.45) is 0 Å². The Bertz CT molecular complexity index is 788. The van der Waals surface area contributed by atoms with E-state index in [1.54, 1.807) is 6.07 Å². The Hall–Kier alpha value is -3.09. The van der Waals surface area contributed by atoms with Crippen LogP contribution in [0.2, 0.25) is 0 Å². The van der Waals surface area contributed by atoms with Crippen LogP contribution in [0.4, 0.5) is 15.8 Å². The summed E-state index contributed by atoms with van der Waals surface area (Å²) < 4.78 is 12.8. The van der Waals surface area contributed by atoms with Crippen LogP contribution in [0.1, 0.15) is 28.8 Å². The molecule has 0 fully saturated rings. The Kier molecular flexibility index (Phi) is 5.36. The van der Waals surface area contributed by atoms with Crippen molar-refractivity contribution in [3.05, 3.63) is 69.5 Å². The van der Waals surface area contributed by atoms with Crippen LogP contribution in [0.15, 0.2) is 42.5 Å². The molecule has 0 saturated carbocycles. The number of amides is 1. The minimum Gasteiger partial charge on any atom is -0.326 e. The molecular weight excluding hydrogens is 315 g/mol. The predicted molar refractivity (Wildman–Crippen MR) is 86.4 cm³/mol. The number of hydrogen-bond donors (Lipinski definition) is 1. The van der Waals surface area contributed by atoms with Gasteiger partial charge in [0.2, 0.25) is 5.91 Å². The van der Waals surface area contributed by atoms with E-state index >= 15 is 0 Å². The minimum absolute atomic E-state index is 0.0363. The molecule has 0 spiro atoms. The second-order valence-corrected chi connectivity index (χ2v) is 5.19. The summed E-state index contributed by atoms with van der Waals surface area (Å²) in [5, 5.41) is 13.4. The monoisotopic (exact) mass is 330 g/mol. The fourth-order valence-electron chi connectivity index (χ4n) is 2.18. The molecular formula is C17H15FN2O4. The van der Waals surface area contributed by atoms with Crippen LogP contribution in [0.3, 0.4) is 0 Å². The number of rotatable bonds is 6. The fourth-order valence-corrected chi connectivity index (χ4v) is 2.18. The number of carbonyl (C=O) groups excluding carboxylic acids is 2. The van der Waals surface area contributed by atoms with Crippen LogP contribution in [-0.4, -0.2) is 16.6 Å². The predicted octanol–water partition coefficient (Wildman–Crippen LogP) is 3.64. The van der Waals surface area contributed by atoms with Crippen LogP contribution >= 0.6 is 0 Å². The number of benzene rings is 2. The summed E-state index contributed by atoms with van der Waals surface area (Å²) in [4.78, 5) is 34.2. The summed E-state index contributed by atoms with van der Waals surface area (Å²) in [6.45, 7) is 1.54. The average Bonchev–Trinajstić information content (AvgIpc) is 2.55. The lowest BCUT2D eigenvalue weighted by molar-refractivity contribution is -0.385. The average molecular weight is 330 g/mol. The van der Waals surface area contributed by atoms with Gasteiger partial charge in [-0.05, 0) is 37.3 Å². The number of nitro benzene ring substituents is 1. The van der Waals surface area contributed by atoms with Gasteiger partial charge in [0, 0.05) is 24.5 Å². The second kappa shape index (κ2) is 7.45. The molecule has 0 atom stereocenters. The first-order valence-electron chi connectivity index (χ1n) is 7.21. The maximum Gasteiger partial charge on any atom is 0.274 e. The van der Waals surface area contributed by atoms with Gasteiger partial charge in [-0.15, -0.1) is 0 Å². The number of nitro groups is 1. The highest BCUT2D eigenvalue weighted by molar-refractivity contribution is 6.00. The summed E-state index contributed by atoms with van der Waals surface area (Å²) >= 11 is 0. The molecule has 2 aromatic rings. The van der Waals surface area contributed by atoms with E-state index in [0.29, 0.717) is 16.8 Å². The molecule has 0 heterocycles. The minimum atomic E-state index is -0.525. The molecule has 0 aromatic heterocycles. The number of carbonyl (C=O) groups is 2. The van der Waals surface area contributed by atoms with Crippen LogP contribution in [0, 0.1) is 22.9 Å². The first-order valence-corrected chi connectivity index (χ1v) is 7.21. The van der Waals surface area contributed by atoms with Gasteiger partial charge < -0.3 is 5.32 Å². The van der Waals surface area contributed by atoms with Gasteiger partial charge in [0.25, 0.3) is 5.69 Å². The summed E-state index contributed by atoms with van der Waals surface area (Å²) in [5.41, 5.74) is 0.926. The first-order chi connectivity index (χ1) is 11.4. The Balaban J connectivity index is 1.96. The van der Waals surface area contributed by atoms with Gasteiger partial charge in [0.05, 0.1) is 16.2 Å². The molecule has 0 unspecified atom stereocenters. The highest BCUT2D eigenvalue weighted by Crippen LogP contribution is 2.25. The van der Waals surface area contributed by atoms with Crippen LogP contribution in [-0.2, 0) is 4.79 Å². The highest BCUT2D eigenvalue weighted by Gasteiger charge is 2.15. The summed E-state index contributed by atoms with van der Waals surface area (Å²) in [6.07, 6.45) is -0.107. The normalized spacial score (nSPS) is 10.2. The van der Waals surface area contributed by atoms with E-state index in [0.717, 1.165) is 0 Å². The molecule has 124 valence electrons. The summed E-state index contributed by atoms with van der Waals surface area (Å²) in [7, 11) is 0. The molecule has 2 rings (SSSR count). The molecule has 0 aliphatic heterocycles. The molecule has 24 heavy (non-hydrogen) atoms.